The van der Waals surface area contributed by atoms with Crippen LogP contribution in [0.1, 0.15) is 91.0 Å². The Balaban J connectivity index is 1.66. The third-order valence-corrected chi connectivity index (χ3v) is 11.2. The Hall–Kier alpha value is -4.01. The van der Waals surface area contributed by atoms with Crippen LogP contribution in [0.3, 0.4) is 0 Å². The molecule has 16 nitrogen and oxygen atoms in total. The normalized spacial score (nSPS) is 19.6. The largest absolute Gasteiger partial charge is 0.444 e. The lowest BCUT2D eigenvalue weighted by Crippen LogP contribution is -2.54. The summed E-state index contributed by atoms with van der Waals surface area (Å²) in [4.78, 5) is 91.8. The summed E-state index contributed by atoms with van der Waals surface area (Å²) in [5.41, 5.74) is 2.06. The van der Waals surface area contributed by atoms with Crippen LogP contribution < -0.4 is 27.2 Å². The van der Waals surface area contributed by atoms with Crippen molar-refractivity contribution in [2.45, 2.75) is 121 Å². The molecule has 0 radical (unpaired) electrons. The smallest absolute Gasteiger partial charge is 0.407 e. The van der Waals surface area contributed by atoms with Crippen molar-refractivity contribution in [3.8, 4) is 0 Å². The van der Waals surface area contributed by atoms with Crippen LogP contribution in [0.4, 0.5) is 4.79 Å². The summed E-state index contributed by atoms with van der Waals surface area (Å²) < 4.78 is 19.2. The predicted molar refractivity (Wildman–Crippen MR) is 193 cm³/mol. The summed E-state index contributed by atoms with van der Waals surface area (Å²) in [5, 5.41) is 7.98. The number of nitrogens with one attached hydrogen (secondary N) is 4. The number of hydrazine groups is 1. The van der Waals surface area contributed by atoms with Crippen molar-refractivity contribution in [1.29, 1.82) is 0 Å². The second-order valence-electron chi connectivity index (χ2n) is 14.3. The van der Waals surface area contributed by atoms with Crippen LogP contribution in [-0.2, 0) is 39.7 Å². The number of unbranched alkanes of at least 4 members (excludes halogenated alkanes) is 1. The van der Waals surface area contributed by atoms with E-state index in [0.717, 1.165) is 6.42 Å². The van der Waals surface area contributed by atoms with Gasteiger partial charge in [0.2, 0.25) is 31.0 Å². The lowest BCUT2D eigenvalue weighted by molar-refractivity contribution is -0.139. The van der Waals surface area contributed by atoms with Crippen molar-refractivity contribution in [3.63, 3.8) is 0 Å². The maximum Gasteiger partial charge on any atom is 0.407 e. The molecular weight excluding hydrogens is 693 g/mol. The first-order valence-electron chi connectivity index (χ1n) is 18.1. The molecule has 2 aliphatic rings. The molecule has 52 heavy (non-hydrogen) atoms. The first-order chi connectivity index (χ1) is 24.6. The molecule has 2 fully saturated rings. The quantitative estimate of drug-likeness (QED) is 0.0587. The second-order valence-corrected chi connectivity index (χ2v) is 16.9. The Bertz CT molecular complexity index is 1460. The van der Waals surface area contributed by atoms with Gasteiger partial charge in [-0.1, -0.05) is 50.1 Å². The first-order valence-corrected chi connectivity index (χ1v) is 20.0. The van der Waals surface area contributed by atoms with Crippen LogP contribution in [-0.4, -0.2) is 106 Å². The van der Waals surface area contributed by atoms with Gasteiger partial charge in [0.25, 0.3) is 5.91 Å². The number of alkyl carbamates (subject to hydrolysis) is 1. The zero-order valence-corrected chi connectivity index (χ0v) is 31.6. The molecule has 6 amide bonds. The van der Waals surface area contributed by atoms with E-state index < -0.39 is 72.8 Å². The summed E-state index contributed by atoms with van der Waals surface area (Å²) in [6.45, 7) is 7.73. The van der Waals surface area contributed by atoms with Crippen molar-refractivity contribution in [2.75, 3.05) is 25.8 Å². The number of hydrogen-bond donors (Lipinski definition) is 6. The summed E-state index contributed by atoms with van der Waals surface area (Å²) in [7, 11) is -4.25. The van der Waals surface area contributed by atoms with E-state index in [1.165, 1.54) is 9.80 Å². The summed E-state index contributed by atoms with van der Waals surface area (Å²) >= 11 is 0. The van der Waals surface area contributed by atoms with Gasteiger partial charge in [0.1, 0.15) is 29.5 Å². The highest BCUT2D eigenvalue weighted by atomic mass is 31.2. The molecule has 290 valence electrons. The van der Waals surface area contributed by atoms with Crippen LogP contribution in [0.5, 0.6) is 0 Å². The SMILES string of the molecule is CCCC[C@H](NC(=O)[C@@H]1CCCN1C(=O)CCP(=O)(O)C(Cc1ccccc1)NC(=O)[C@@H]1CCCN1C(=O)CCNC(=O)OC(C)(C)C)C(=O)NN. The van der Waals surface area contributed by atoms with Crippen LogP contribution in [0, 0.1) is 0 Å². The van der Waals surface area contributed by atoms with Gasteiger partial charge in [-0.2, -0.15) is 0 Å². The zero-order chi connectivity index (χ0) is 38.5. The minimum atomic E-state index is -4.25. The highest BCUT2D eigenvalue weighted by Gasteiger charge is 2.40. The van der Waals surface area contributed by atoms with Gasteiger partial charge in [-0.05, 0) is 58.4 Å². The lowest BCUT2D eigenvalue weighted by Gasteiger charge is -2.30. The van der Waals surface area contributed by atoms with Crippen molar-refractivity contribution < 1.29 is 43.0 Å². The van der Waals surface area contributed by atoms with Crippen LogP contribution in [0.2, 0.25) is 0 Å². The standard InChI is InChI=1S/C35H56N7O9P/c1-5-6-14-25(31(45)40-36)38-32(46)26-15-10-21-42(26)30(44)18-22-52(49,50)28(23-24-12-8-7-9-13-24)39-33(47)27-16-11-20-41(27)29(43)17-19-37-34(48)51-35(2,3)4/h7-9,12-13,25-28H,5-6,10-11,14-23,36H2,1-4H3,(H,37,48)(H,38,46)(H,39,47)(H,40,45)(H,49,50)/t25-,26-,27-,28?/m0/s1. The number of carbonyl (C=O) groups is 6. The van der Waals surface area contributed by atoms with Gasteiger partial charge >= 0.3 is 6.09 Å². The molecule has 17 heteroatoms. The Kier molecular flexibility index (Phi) is 16.1. The molecule has 0 bridgehead atoms. The maximum absolute atomic E-state index is 14.0. The average Bonchev–Trinajstić information content (AvgIpc) is 3.79. The van der Waals surface area contributed by atoms with Crippen LogP contribution >= 0.6 is 7.37 Å². The molecule has 2 unspecified atom stereocenters. The molecule has 0 aromatic heterocycles. The molecule has 2 heterocycles. The Morgan fingerprint density at radius 3 is 2.08 bits per heavy atom. The molecule has 2 saturated heterocycles. The van der Waals surface area contributed by atoms with Crippen molar-refractivity contribution in [3.05, 3.63) is 35.9 Å². The molecule has 3 rings (SSSR count). The molecule has 1 aromatic rings. The van der Waals surface area contributed by atoms with Crippen LogP contribution in [0.15, 0.2) is 30.3 Å². The van der Waals surface area contributed by atoms with Gasteiger partial charge in [0, 0.05) is 45.1 Å². The molecule has 0 aliphatic carbocycles. The third-order valence-electron chi connectivity index (χ3n) is 9.09. The summed E-state index contributed by atoms with van der Waals surface area (Å²) in [6, 6.07) is 6.29. The zero-order valence-electron chi connectivity index (χ0n) is 30.7. The highest BCUT2D eigenvalue weighted by molar-refractivity contribution is 7.58. The van der Waals surface area contributed by atoms with E-state index in [2.05, 4.69) is 21.4 Å². The molecule has 5 atom stereocenters. The molecule has 0 saturated carbocycles. The van der Waals surface area contributed by atoms with Gasteiger partial charge in [0.15, 0.2) is 0 Å². The fraction of sp³-hybridized carbons (Fsp3) is 0.657. The predicted octanol–water partition coefficient (Wildman–Crippen LogP) is 1.89. The number of nitrogens with two attached hydrogens (primary N) is 1. The average molecular weight is 750 g/mol. The Labute approximate surface area is 305 Å². The number of likely N-dealkylation sites (tertiary alicyclic amines) is 2. The van der Waals surface area contributed by atoms with E-state index >= 15 is 0 Å². The lowest BCUT2D eigenvalue weighted by atomic mass is 10.1. The highest BCUT2D eigenvalue weighted by Crippen LogP contribution is 2.47. The minimum Gasteiger partial charge on any atom is -0.444 e. The van der Waals surface area contributed by atoms with E-state index in [0.29, 0.717) is 50.6 Å². The van der Waals surface area contributed by atoms with E-state index in [4.69, 9.17) is 10.6 Å². The molecule has 1 aromatic carbocycles. The molecule has 7 N–H and O–H groups in total. The number of nitrogens with zero attached hydrogens (tertiary/aromatic N) is 2. The fourth-order valence-corrected chi connectivity index (χ4v) is 8.05. The van der Waals surface area contributed by atoms with E-state index in [1.807, 2.05) is 6.92 Å². The van der Waals surface area contributed by atoms with Crippen molar-refractivity contribution in [2.24, 2.45) is 5.84 Å². The summed E-state index contributed by atoms with van der Waals surface area (Å²) in [6.07, 6.45) is 2.18. The Morgan fingerprint density at radius 2 is 1.52 bits per heavy atom. The number of rotatable bonds is 17. The first kappa shape index (κ1) is 42.4. The molecular formula is C35H56N7O9P. The van der Waals surface area contributed by atoms with Crippen molar-refractivity contribution >= 4 is 43.0 Å². The number of ether oxygens (including phenoxy) is 1. The van der Waals surface area contributed by atoms with Gasteiger partial charge in [-0.15, -0.1) is 0 Å². The van der Waals surface area contributed by atoms with Gasteiger partial charge < -0.3 is 35.4 Å². The van der Waals surface area contributed by atoms with Gasteiger partial charge in [0.05, 0.1) is 0 Å². The van der Waals surface area contributed by atoms with Crippen molar-refractivity contribution in [1.82, 2.24) is 31.2 Å². The fourth-order valence-electron chi connectivity index (χ4n) is 6.40. The van der Waals surface area contributed by atoms with E-state index in [-0.39, 0.29) is 38.3 Å². The van der Waals surface area contributed by atoms with E-state index in [1.54, 1.807) is 51.1 Å². The molecule has 2 aliphatic heterocycles. The topological polar surface area (TPSA) is 230 Å². The van der Waals surface area contributed by atoms with E-state index in [9.17, 15) is 38.2 Å². The molecule has 0 spiro atoms. The van der Waals surface area contributed by atoms with Crippen LogP contribution in [0.25, 0.3) is 0 Å². The second kappa shape index (κ2) is 19.7. The maximum atomic E-state index is 14.0. The van der Waals surface area contributed by atoms with Gasteiger partial charge in [-0.3, -0.25) is 34.0 Å². The number of hydrogen-bond acceptors (Lipinski definition) is 9. The summed E-state index contributed by atoms with van der Waals surface area (Å²) in [5.74, 6) is 1.60. The number of amides is 6. The number of benzene rings is 1. The van der Waals surface area contributed by atoms with Gasteiger partial charge in [-0.25, -0.2) is 10.6 Å². The number of carbonyl (C=O) groups excluding carboxylic acids is 6. The Morgan fingerprint density at radius 1 is 0.942 bits per heavy atom. The minimum absolute atomic E-state index is 0.00608. The monoisotopic (exact) mass is 749 g/mol. The third kappa shape index (κ3) is 12.9.